The summed E-state index contributed by atoms with van der Waals surface area (Å²) >= 11 is 0. The molecule has 1 N–H and O–H groups in total. The maximum atomic E-state index is 11.9. The quantitative estimate of drug-likeness (QED) is 0.769. The summed E-state index contributed by atoms with van der Waals surface area (Å²) in [5.41, 5.74) is -0.0711. The van der Waals surface area contributed by atoms with Crippen LogP contribution >= 0.6 is 0 Å². The Hall–Kier alpha value is -2.11. The molecule has 0 atom stereocenters. The first-order valence-corrected chi connectivity index (χ1v) is 5.10. The second kappa shape index (κ2) is 5.83. The van der Waals surface area contributed by atoms with Gasteiger partial charge in [0, 0.05) is 12.7 Å². The maximum Gasteiger partial charge on any atom is 0.325 e. The van der Waals surface area contributed by atoms with Gasteiger partial charge in [-0.1, -0.05) is 0 Å². The van der Waals surface area contributed by atoms with Gasteiger partial charge in [0.2, 0.25) is 0 Å². The van der Waals surface area contributed by atoms with Crippen molar-refractivity contribution in [3.63, 3.8) is 0 Å². The summed E-state index contributed by atoms with van der Waals surface area (Å²) in [6, 6.07) is 2.88. The number of pyridine rings is 1. The van der Waals surface area contributed by atoms with E-state index in [1.807, 2.05) is 0 Å². The number of carbonyl (C=O) groups is 2. The molecular weight excluding hydrogens is 224 g/mol. The Bertz CT molecular complexity index is 420. The predicted octanol–water partition coefficient (Wildman–Crippen LogP) is 0.422. The van der Waals surface area contributed by atoms with Crippen molar-refractivity contribution in [1.82, 2.24) is 9.88 Å². The molecule has 0 aliphatic carbocycles. The fourth-order valence-electron chi connectivity index (χ4n) is 1.26. The molecule has 0 aromatic carbocycles. The molecule has 0 fully saturated rings. The molecule has 0 radical (unpaired) electrons. The van der Waals surface area contributed by atoms with Gasteiger partial charge in [0.15, 0.2) is 5.69 Å². The third-order valence-corrected chi connectivity index (χ3v) is 2.21. The lowest BCUT2D eigenvalue weighted by atomic mass is 10.3. The van der Waals surface area contributed by atoms with Gasteiger partial charge in [0.1, 0.15) is 12.3 Å². The smallest absolute Gasteiger partial charge is 0.325 e. The minimum absolute atomic E-state index is 0.0711. The molecule has 0 saturated carbocycles. The van der Waals surface area contributed by atoms with E-state index in [1.165, 1.54) is 30.3 Å². The molecule has 1 aromatic rings. The van der Waals surface area contributed by atoms with Gasteiger partial charge in [-0.15, -0.1) is 0 Å². The standard InChI is InChI=1S/C11H14N2O4/c1-3-13(7-9(15)17-2)11(16)10-8(14)5-4-6-12-10/h4-6,14H,3,7H2,1-2H3. The molecule has 1 aromatic heterocycles. The zero-order chi connectivity index (χ0) is 12.8. The first kappa shape index (κ1) is 13.0. The number of esters is 1. The molecule has 0 aliphatic heterocycles. The summed E-state index contributed by atoms with van der Waals surface area (Å²) in [5, 5.41) is 9.49. The molecule has 1 heterocycles. The third kappa shape index (κ3) is 3.17. The molecule has 1 rings (SSSR count). The number of amides is 1. The van der Waals surface area contributed by atoms with E-state index in [9.17, 15) is 14.7 Å². The van der Waals surface area contributed by atoms with E-state index in [4.69, 9.17) is 0 Å². The molecule has 6 heteroatoms. The molecule has 0 spiro atoms. The lowest BCUT2D eigenvalue weighted by Crippen LogP contribution is -2.36. The number of rotatable bonds is 4. The van der Waals surface area contributed by atoms with Gasteiger partial charge in [-0.3, -0.25) is 9.59 Å². The number of methoxy groups -OCH3 is 1. The molecule has 0 unspecified atom stereocenters. The highest BCUT2D eigenvalue weighted by atomic mass is 16.5. The van der Waals surface area contributed by atoms with Crippen LogP contribution in [0.5, 0.6) is 5.75 Å². The molecule has 6 nitrogen and oxygen atoms in total. The first-order chi connectivity index (χ1) is 8.10. The van der Waals surface area contributed by atoms with Gasteiger partial charge in [-0.25, -0.2) is 4.98 Å². The number of hydrogen-bond donors (Lipinski definition) is 1. The minimum atomic E-state index is -0.518. The zero-order valence-corrected chi connectivity index (χ0v) is 9.71. The number of aromatic nitrogens is 1. The first-order valence-electron chi connectivity index (χ1n) is 5.10. The number of ether oxygens (including phenoxy) is 1. The molecule has 0 aliphatic rings. The Morgan fingerprint density at radius 2 is 2.24 bits per heavy atom. The molecule has 92 valence electrons. The summed E-state index contributed by atoms with van der Waals surface area (Å²) in [4.78, 5) is 28.1. The van der Waals surface area contributed by atoms with Gasteiger partial charge in [-0.2, -0.15) is 0 Å². The van der Waals surface area contributed by atoms with E-state index in [1.54, 1.807) is 6.92 Å². The van der Waals surface area contributed by atoms with Crippen LogP contribution in [0.25, 0.3) is 0 Å². The lowest BCUT2D eigenvalue weighted by molar-refractivity contribution is -0.141. The van der Waals surface area contributed by atoms with Crippen molar-refractivity contribution in [2.75, 3.05) is 20.2 Å². The van der Waals surface area contributed by atoms with Crippen LogP contribution in [0.3, 0.4) is 0 Å². The second-order valence-electron chi connectivity index (χ2n) is 3.27. The van der Waals surface area contributed by atoms with Crippen LogP contribution in [0.2, 0.25) is 0 Å². The highest BCUT2D eigenvalue weighted by Gasteiger charge is 2.21. The van der Waals surface area contributed by atoms with Crippen molar-refractivity contribution in [3.05, 3.63) is 24.0 Å². The lowest BCUT2D eigenvalue weighted by Gasteiger charge is -2.19. The fourth-order valence-corrected chi connectivity index (χ4v) is 1.26. The van der Waals surface area contributed by atoms with Crippen molar-refractivity contribution in [2.24, 2.45) is 0 Å². The van der Waals surface area contributed by atoms with Crippen molar-refractivity contribution >= 4 is 11.9 Å². The fraction of sp³-hybridized carbons (Fsp3) is 0.364. The summed E-state index contributed by atoms with van der Waals surface area (Å²) < 4.78 is 4.48. The number of aromatic hydroxyl groups is 1. The highest BCUT2D eigenvalue weighted by Crippen LogP contribution is 2.14. The van der Waals surface area contributed by atoms with Crippen molar-refractivity contribution in [2.45, 2.75) is 6.92 Å². The van der Waals surface area contributed by atoms with Crippen LogP contribution in [0.4, 0.5) is 0 Å². The number of nitrogens with zero attached hydrogens (tertiary/aromatic N) is 2. The van der Waals surface area contributed by atoms with Crippen LogP contribution in [-0.4, -0.2) is 47.1 Å². The summed E-state index contributed by atoms with van der Waals surface area (Å²) in [6.45, 7) is 1.88. The summed E-state index contributed by atoms with van der Waals surface area (Å²) in [5.74, 6) is -1.23. The van der Waals surface area contributed by atoms with E-state index in [0.29, 0.717) is 6.54 Å². The van der Waals surface area contributed by atoms with Crippen LogP contribution in [0, 0.1) is 0 Å². The van der Waals surface area contributed by atoms with E-state index in [-0.39, 0.29) is 18.0 Å². The van der Waals surface area contributed by atoms with Crippen LogP contribution in [0.15, 0.2) is 18.3 Å². The van der Waals surface area contributed by atoms with Crippen molar-refractivity contribution < 1.29 is 19.4 Å². The van der Waals surface area contributed by atoms with Crippen molar-refractivity contribution in [1.29, 1.82) is 0 Å². The summed E-state index contributed by atoms with van der Waals surface area (Å²) in [6.07, 6.45) is 1.40. The molecule has 1 amide bonds. The average Bonchev–Trinajstić information content (AvgIpc) is 2.35. The van der Waals surface area contributed by atoms with Gasteiger partial charge in [-0.05, 0) is 19.1 Å². The van der Waals surface area contributed by atoms with E-state index in [2.05, 4.69) is 9.72 Å². The normalized spacial score (nSPS) is 9.76. The monoisotopic (exact) mass is 238 g/mol. The number of carbonyl (C=O) groups excluding carboxylic acids is 2. The van der Waals surface area contributed by atoms with Gasteiger partial charge < -0.3 is 14.7 Å². The van der Waals surface area contributed by atoms with Crippen LogP contribution < -0.4 is 0 Å². The molecule has 0 bridgehead atoms. The van der Waals surface area contributed by atoms with Crippen LogP contribution in [-0.2, 0) is 9.53 Å². The highest BCUT2D eigenvalue weighted by molar-refractivity contribution is 5.96. The van der Waals surface area contributed by atoms with E-state index in [0.717, 1.165) is 0 Å². The van der Waals surface area contributed by atoms with E-state index >= 15 is 0 Å². The molecule has 0 saturated heterocycles. The Kier molecular flexibility index (Phi) is 4.45. The number of likely N-dealkylation sites (N-methyl/N-ethyl adjacent to an activating group) is 1. The average molecular weight is 238 g/mol. The van der Waals surface area contributed by atoms with E-state index < -0.39 is 11.9 Å². The largest absolute Gasteiger partial charge is 0.505 e. The van der Waals surface area contributed by atoms with Crippen molar-refractivity contribution in [3.8, 4) is 5.75 Å². The second-order valence-corrected chi connectivity index (χ2v) is 3.27. The van der Waals surface area contributed by atoms with Gasteiger partial charge in [0.25, 0.3) is 5.91 Å². The topological polar surface area (TPSA) is 79.7 Å². The Morgan fingerprint density at radius 3 is 2.76 bits per heavy atom. The zero-order valence-electron chi connectivity index (χ0n) is 9.71. The molecular formula is C11H14N2O4. The number of hydrogen-bond acceptors (Lipinski definition) is 5. The maximum absolute atomic E-state index is 11.9. The van der Waals surface area contributed by atoms with Gasteiger partial charge in [0.05, 0.1) is 7.11 Å². The Morgan fingerprint density at radius 1 is 1.53 bits per heavy atom. The van der Waals surface area contributed by atoms with Crippen LogP contribution in [0.1, 0.15) is 17.4 Å². The minimum Gasteiger partial charge on any atom is -0.505 e. The molecule has 17 heavy (non-hydrogen) atoms. The Balaban J connectivity index is 2.87. The SMILES string of the molecule is CCN(CC(=O)OC)C(=O)c1ncccc1O. The third-order valence-electron chi connectivity index (χ3n) is 2.21. The Labute approximate surface area is 98.8 Å². The van der Waals surface area contributed by atoms with Gasteiger partial charge >= 0.3 is 5.97 Å². The predicted molar refractivity (Wildman–Crippen MR) is 59.5 cm³/mol. The summed E-state index contributed by atoms with van der Waals surface area (Å²) in [7, 11) is 1.25.